The number of ether oxygens (including phenoxy) is 3. The SMILES string of the molecule is C=CCOC(=O)O/C(=C/OC(=O)C(C)(C)C)c1ccccc1. The van der Waals surface area contributed by atoms with Crippen molar-refractivity contribution in [2.45, 2.75) is 20.8 Å². The molecule has 0 spiro atoms. The second-order valence-electron chi connectivity index (χ2n) is 5.46. The highest BCUT2D eigenvalue weighted by atomic mass is 16.7. The summed E-state index contributed by atoms with van der Waals surface area (Å²) in [5.74, 6) is -0.351. The van der Waals surface area contributed by atoms with E-state index in [9.17, 15) is 9.59 Å². The van der Waals surface area contributed by atoms with Crippen LogP contribution in [0.25, 0.3) is 5.76 Å². The molecule has 0 amide bonds. The summed E-state index contributed by atoms with van der Waals surface area (Å²) in [6.07, 6.45) is 1.63. The van der Waals surface area contributed by atoms with E-state index < -0.39 is 17.5 Å². The Bertz CT molecular complexity index is 552. The van der Waals surface area contributed by atoms with Crippen molar-refractivity contribution in [2.75, 3.05) is 6.61 Å². The Labute approximate surface area is 130 Å². The van der Waals surface area contributed by atoms with Crippen LogP contribution < -0.4 is 0 Å². The molecule has 5 nitrogen and oxygen atoms in total. The molecule has 0 N–H and O–H groups in total. The van der Waals surface area contributed by atoms with Gasteiger partial charge in [-0.05, 0) is 20.8 Å². The van der Waals surface area contributed by atoms with Crippen molar-refractivity contribution in [3.05, 3.63) is 54.8 Å². The van der Waals surface area contributed by atoms with Gasteiger partial charge >= 0.3 is 12.1 Å². The van der Waals surface area contributed by atoms with Gasteiger partial charge in [-0.2, -0.15) is 0 Å². The van der Waals surface area contributed by atoms with Gasteiger partial charge in [-0.15, -0.1) is 0 Å². The Morgan fingerprint density at radius 1 is 1.18 bits per heavy atom. The summed E-state index contributed by atoms with van der Waals surface area (Å²) in [6.45, 7) is 8.65. The minimum absolute atomic E-state index is 0.0304. The molecule has 1 rings (SSSR count). The lowest BCUT2D eigenvalue weighted by Crippen LogP contribution is -2.21. The van der Waals surface area contributed by atoms with Gasteiger partial charge in [0.05, 0.1) is 5.41 Å². The summed E-state index contributed by atoms with van der Waals surface area (Å²) in [5.41, 5.74) is -0.0819. The molecule has 0 saturated heterocycles. The van der Waals surface area contributed by atoms with Crippen molar-refractivity contribution < 1.29 is 23.8 Å². The van der Waals surface area contributed by atoms with Crippen molar-refractivity contribution in [3.8, 4) is 0 Å². The number of rotatable bonds is 5. The van der Waals surface area contributed by atoms with Crippen LogP contribution in [0, 0.1) is 5.41 Å². The molecule has 0 aliphatic heterocycles. The summed E-state index contributed by atoms with van der Waals surface area (Å²) in [7, 11) is 0. The van der Waals surface area contributed by atoms with Crippen molar-refractivity contribution in [3.63, 3.8) is 0 Å². The van der Waals surface area contributed by atoms with E-state index in [2.05, 4.69) is 6.58 Å². The van der Waals surface area contributed by atoms with Crippen LogP contribution in [0.5, 0.6) is 0 Å². The van der Waals surface area contributed by atoms with Crippen molar-refractivity contribution >= 4 is 17.9 Å². The van der Waals surface area contributed by atoms with E-state index in [-0.39, 0.29) is 12.4 Å². The largest absolute Gasteiger partial charge is 0.514 e. The second kappa shape index (κ2) is 8.02. The van der Waals surface area contributed by atoms with Crippen LogP contribution in [0.3, 0.4) is 0 Å². The summed E-state index contributed by atoms with van der Waals surface area (Å²) in [6, 6.07) is 8.80. The minimum atomic E-state index is -0.901. The maximum atomic E-state index is 11.8. The number of carbonyl (C=O) groups excluding carboxylic acids is 2. The van der Waals surface area contributed by atoms with E-state index in [1.807, 2.05) is 6.07 Å². The lowest BCUT2D eigenvalue weighted by atomic mass is 9.97. The fourth-order valence-corrected chi connectivity index (χ4v) is 1.28. The molecule has 1 aromatic rings. The smallest absolute Gasteiger partial charge is 0.430 e. The fraction of sp³-hybridized carbons (Fsp3) is 0.294. The predicted molar refractivity (Wildman–Crippen MR) is 82.6 cm³/mol. The average Bonchev–Trinajstić information content (AvgIpc) is 2.48. The molecule has 0 bridgehead atoms. The van der Waals surface area contributed by atoms with Crippen molar-refractivity contribution in [1.82, 2.24) is 0 Å². The van der Waals surface area contributed by atoms with E-state index in [4.69, 9.17) is 14.2 Å². The first kappa shape index (κ1) is 17.5. The van der Waals surface area contributed by atoms with Crippen LogP contribution in [0.4, 0.5) is 4.79 Å². The third kappa shape index (κ3) is 5.83. The quantitative estimate of drug-likeness (QED) is 0.469. The van der Waals surface area contributed by atoms with Gasteiger partial charge in [0.2, 0.25) is 0 Å². The summed E-state index contributed by atoms with van der Waals surface area (Å²) in [4.78, 5) is 23.4. The fourth-order valence-electron chi connectivity index (χ4n) is 1.28. The Balaban J connectivity index is 2.90. The van der Waals surface area contributed by atoms with Gasteiger partial charge in [0.1, 0.15) is 12.9 Å². The molecular formula is C17H20O5. The van der Waals surface area contributed by atoms with Gasteiger partial charge in [-0.3, -0.25) is 4.79 Å². The molecule has 0 aromatic heterocycles. The lowest BCUT2D eigenvalue weighted by Gasteiger charge is -2.15. The number of esters is 1. The topological polar surface area (TPSA) is 61.8 Å². The maximum Gasteiger partial charge on any atom is 0.514 e. The number of carbonyl (C=O) groups is 2. The standard InChI is InChI=1S/C17H20O5/c1-5-11-20-16(19)22-14(13-9-7-6-8-10-13)12-21-15(18)17(2,3)4/h5-10,12H,1,11H2,2-4H3/b14-12+. The molecule has 0 heterocycles. The van der Waals surface area contributed by atoms with Gasteiger partial charge in [0, 0.05) is 5.56 Å². The van der Waals surface area contributed by atoms with Gasteiger partial charge in [-0.1, -0.05) is 43.0 Å². The summed E-state index contributed by atoms with van der Waals surface area (Å²) < 4.78 is 14.9. The molecule has 0 saturated carbocycles. The number of hydrogen-bond acceptors (Lipinski definition) is 5. The molecule has 1 aromatic carbocycles. The Morgan fingerprint density at radius 2 is 1.82 bits per heavy atom. The third-order valence-electron chi connectivity index (χ3n) is 2.46. The van der Waals surface area contributed by atoms with Crippen LogP contribution in [0.15, 0.2) is 49.2 Å². The minimum Gasteiger partial charge on any atom is -0.430 e. The van der Waals surface area contributed by atoms with E-state index in [0.29, 0.717) is 5.56 Å². The van der Waals surface area contributed by atoms with Gasteiger partial charge in [0.15, 0.2) is 5.76 Å². The Kier molecular flexibility index (Phi) is 6.38. The molecule has 22 heavy (non-hydrogen) atoms. The molecule has 0 aliphatic rings. The summed E-state index contributed by atoms with van der Waals surface area (Å²) >= 11 is 0. The van der Waals surface area contributed by atoms with E-state index in [1.54, 1.807) is 45.0 Å². The van der Waals surface area contributed by atoms with Crippen molar-refractivity contribution in [1.29, 1.82) is 0 Å². The van der Waals surface area contributed by atoms with Crippen LogP contribution in [0.2, 0.25) is 0 Å². The molecule has 118 valence electrons. The van der Waals surface area contributed by atoms with Gasteiger partial charge in [-0.25, -0.2) is 4.79 Å². The third-order valence-corrected chi connectivity index (χ3v) is 2.46. The highest BCUT2D eigenvalue weighted by Crippen LogP contribution is 2.20. The van der Waals surface area contributed by atoms with E-state index >= 15 is 0 Å². The zero-order chi connectivity index (χ0) is 16.6. The molecule has 0 atom stereocenters. The highest BCUT2D eigenvalue weighted by Gasteiger charge is 2.23. The van der Waals surface area contributed by atoms with Crippen LogP contribution in [-0.2, 0) is 19.0 Å². The predicted octanol–water partition coefficient (Wildman–Crippen LogP) is 3.91. The van der Waals surface area contributed by atoms with Gasteiger partial charge < -0.3 is 14.2 Å². The first-order valence-corrected chi connectivity index (χ1v) is 6.76. The zero-order valence-corrected chi connectivity index (χ0v) is 13.0. The number of benzene rings is 1. The highest BCUT2D eigenvalue weighted by molar-refractivity contribution is 5.78. The molecule has 0 radical (unpaired) electrons. The second-order valence-corrected chi connectivity index (χ2v) is 5.46. The molecular weight excluding hydrogens is 284 g/mol. The van der Waals surface area contributed by atoms with Crippen LogP contribution in [0.1, 0.15) is 26.3 Å². The molecule has 0 fully saturated rings. The molecule has 5 heteroatoms. The maximum absolute atomic E-state index is 11.8. The Hall–Kier alpha value is -2.56. The first-order chi connectivity index (χ1) is 10.3. The van der Waals surface area contributed by atoms with E-state index in [1.165, 1.54) is 6.08 Å². The first-order valence-electron chi connectivity index (χ1n) is 6.76. The van der Waals surface area contributed by atoms with Gasteiger partial charge in [0.25, 0.3) is 0 Å². The van der Waals surface area contributed by atoms with E-state index in [0.717, 1.165) is 6.26 Å². The average molecular weight is 304 g/mol. The molecule has 0 unspecified atom stereocenters. The van der Waals surface area contributed by atoms with Crippen LogP contribution in [-0.4, -0.2) is 18.7 Å². The zero-order valence-electron chi connectivity index (χ0n) is 13.0. The number of hydrogen-bond donors (Lipinski definition) is 0. The summed E-state index contributed by atoms with van der Waals surface area (Å²) in [5, 5.41) is 0. The van der Waals surface area contributed by atoms with Crippen molar-refractivity contribution in [2.24, 2.45) is 5.41 Å². The van der Waals surface area contributed by atoms with Crippen LogP contribution >= 0.6 is 0 Å². The lowest BCUT2D eigenvalue weighted by molar-refractivity contribution is -0.146. The Morgan fingerprint density at radius 3 is 2.36 bits per heavy atom. The normalized spacial score (nSPS) is 11.5. The monoisotopic (exact) mass is 304 g/mol. The molecule has 0 aliphatic carbocycles.